The summed E-state index contributed by atoms with van der Waals surface area (Å²) in [7, 11) is 0. The maximum absolute atomic E-state index is 11.1. The van der Waals surface area contributed by atoms with E-state index in [9.17, 15) is 4.79 Å². The number of hydrogen-bond donors (Lipinski definition) is 2. The summed E-state index contributed by atoms with van der Waals surface area (Å²) in [5.74, 6) is 5.64. The van der Waals surface area contributed by atoms with Crippen molar-refractivity contribution in [3.8, 4) is 0 Å². The first-order valence-electron chi connectivity index (χ1n) is 6.93. The van der Waals surface area contributed by atoms with E-state index in [0.29, 0.717) is 13.0 Å². The summed E-state index contributed by atoms with van der Waals surface area (Å²) in [6, 6.07) is 7.91. The number of hydrazine groups is 1. The summed E-state index contributed by atoms with van der Waals surface area (Å²) in [4.78, 5) is 11.1. The van der Waals surface area contributed by atoms with Crippen molar-refractivity contribution in [2.45, 2.75) is 38.7 Å². The average Bonchev–Trinajstić information content (AvgIpc) is 2.94. The molecule has 0 spiro atoms. The topological polar surface area (TPSA) is 64.3 Å². The zero-order valence-corrected chi connectivity index (χ0v) is 11.2. The van der Waals surface area contributed by atoms with Crippen molar-refractivity contribution in [1.29, 1.82) is 0 Å². The third kappa shape index (κ3) is 4.65. The predicted octanol–water partition coefficient (Wildman–Crippen LogP) is 1.93. The van der Waals surface area contributed by atoms with Crippen molar-refractivity contribution < 1.29 is 9.53 Å². The van der Waals surface area contributed by atoms with E-state index < -0.39 is 0 Å². The minimum Gasteiger partial charge on any atom is -0.376 e. The molecular weight excluding hydrogens is 240 g/mol. The maximum Gasteiger partial charge on any atom is 0.238 e. The number of nitrogens with two attached hydrogens (primary N) is 1. The molecule has 0 bridgehead atoms. The molecule has 0 saturated heterocycles. The van der Waals surface area contributed by atoms with Crippen molar-refractivity contribution >= 4 is 5.91 Å². The molecule has 19 heavy (non-hydrogen) atoms. The standard InChI is InChI=1S/C15H22N2O2/c16-17-15(18)9-12-5-7-14(8-6-12)11-19-10-13-3-1-2-4-13/h5-8,13H,1-4,9-11,16H2,(H,17,18). The molecule has 1 fully saturated rings. The van der Waals surface area contributed by atoms with Gasteiger partial charge in [0.05, 0.1) is 13.0 Å². The zero-order valence-electron chi connectivity index (χ0n) is 11.2. The highest BCUT2D eigenvalue weighted by Crippen LogP contribution is 2.24. The molecule has 104 valence electrons. The Morgan fingerprint density at radius 1 is 1.21 bits per heavy atom. The van der Waals surface area contributed by atoms with E-state index in [1.54, 1.807) is 0 Å². The third-order valence-electron chi connectivity index (χ3n) is 3.65. The van der Waals surface area contributed by atoms with Crippen LogP contribution >= 0.6 is 0 Å². The van der Waals surface area contributed by atoms with Gasteiger partial charge in [0.15, 0.2) is 0 Å². The zero-order chi connectivity index (χ0) is 13.5. The van der Waals surface area contributed by atoms with Crippen molar-refractivity contribution in [1.82, 2.24) is 5.43 Å². The second kappa shape index (κ2) is 7.26. The van der Waals surface area contributed by atoms with Gasteiger partial charge in [-0.3, -0.25) is 10.2 Å². The molecule has 1 saturated carbocycles. The average molecular weight is 262 g/mol. The lowest BCUT2D eigenvalue weighted by atomic mass is 10.1. The van der Waals surface area contributed by atoms with Gasteiger partial charge in [-0.05, 0) is 29.9 Å². The molecule has 1 aromatic carbocycles. The summed E-state index contributed by atoms with van der Waals surface area (Å²) in [5.41, 5.74) is 4.24. The molecule has 0 aromatic heterocycles. The van der Waals surface area contributed by atoms with Gasteiger partial charge in [-0.25, -0.2) is 5.84 Å². The fraction of sp³-hybridized carbons (Fsp3) is 0.533. The van der Waals surface area contributed by atoms with Gasteiger partial charge in [0.1, 0.15) is 0 Å². The summed E-state index contributed by atoms with van der Waals surface area (Å²) < 4.78 is 5.75. The molecule has 1 amide bonds. The Balaban J connectivity index is 1.73. The fourth-order valence-electron chi connectivity index (χ4n) is 2.51. The first-order valence-corrected chi connectivity index (χ1v) is 6.93. The van der Waals surface area contributed by atoms with E-state index >= 15 is 0 Å². The van der Waals surface area contributed by atoms with E-state index in [2.05, 4.69) is 5.43 Å². The number of ether oxygens (including phenoxy) is 1. The first-order chi connectivity index (χ1) is 9.28. The molecule has 2 rings (SSSR count). The van der Waals surface area contributed by atoms with Crippen molar-refractivity contribution in [2.24, 2.45) is 11.8 Å². The van der Waals surface area contributed by atoms with Crippen LogP contribution in [-0.2, 0) is 22.6 Å². The van der Waals surface area contributed by atoms with Gasteiger partial charge in [0.25, 0.3) is 0 Å². The molecule has 1 aromatic rings. The highest BCUT2D eigenvalue weighted by Gasteiger charge is 2.14. The first kappa shape index (κ1) is 14.0. The molecule has 0 unspecified atom stereocenters. The Morgan fingerprint density at radius 3 is 2.47 bits per heavy atom. The van der Waals surface area contributed by atoms with Crippen LogP contribution in [-0.4, -0.2) is 12.5 Å². The van der Waals surface area contributed by atoms with Crippen LogP contribution in [0.15, 0.2) is 24.3 Å². The molecular formula is C15H22N2O2. The van der Waals surface area contributed by atoms with Crippen LogP contribution in [0.25, 0.3) is 0 Å². The Hall–Kier alpha value is -1.39. The fourth-order valence-corrected chi connectivity index (χ4v) is 2.51. The number of carbonyl (C=O) groups excluding carboxylic acids is 1. The summed E-state index contributed by atoms with van der Waals surface area (Å²) in [6.45, 7) is 1.52. The minimum atomic E-state index is -0.176. The molecule has 3 N–H and O–H groups in total. The molecule has 1 aliphatic carbocycles. The minimum absolute atomic E-state index is 0.176. The van der Waals surface area contributed by atoms with Gasteiger partial charge in [-0.15, -0.1) is 0 Å². The van der Waals surface area contributed by atoms with Crippen molar-refractivity contribution in [2.75, 3.05) is 6.61 Å². The number of rotatable bonds is 6. The van der Waals surface area contributed by atoms with Gasteiger partial charge in [0, 0.05) is 6.61 Å². The second-order valence-corrected chi connectivity index (χ2v) is 5.23. The lowest BCUT2D eigenvalue weighted by Gasteiger charge is -2.10. The van der Waals surface area contributed by atoms with Crippen molar-refractivity contribution in [3.63, 3.8) is 0 Å². The third-order valence-corrected chi connectivity index (χ3v) is 3.65. The quantitative estimate of drug-likeness (QED) is 0.468. The van der Waals surface area contributed by atoms with Gasteiger partial charge >= 0.3 is 0 Å². The molecule has 0 atom stereocenters. The SMILES string of the molecule is NNC(=O)Cc1ccc(COCC2CCCC2)cc1. The van der Waals surface area contributed by atoms with E-state index in [-0.39, 0.29) is 5.91 Å². The Bertz CT molecular complexity index is 397. The van der Waals surface area contributed by atoms with E-state index in [0.717, 1.165) is 23.7 Å². The number of hydrogen-bond acceptors (Lipinski definition) is 3. The van der Waals surface area contributed by atoms with Crippen LogP contribution < -0.4 is 11.3 Å². The highest BCUT2D eigenvalue weighted by atomic mass is 16.5. The Labute approximate surface area is 114 Å². The van der Waals surface area contributed by atoms with Gasteiger partial charge < -0.3 is 4.74 Å². The van der Waals surface area contributed by atoms with Crippen LogP contribution in [0, 0.1) is 5.92 Å². The molecule has 4 nitrogen and oxygen atoms in total. The number of nitrogens with one attached hydrogen (secondary N) is 1. The Morgan fingerprint density at radius 2 is 1.84 bits per heavy atom. The molecule has 4 heteroatoms. The Kier molecular flexibility index (Phi) is 5.36. The van der Waals surface area contributed by atoms with E-state index in [1.807, 2.05) is 24.3 Å². The van der Waals surface area contributed by atoms with Gasteiger partial charge in [-0.1, -0.05) is 37.1 Å². The smallest absolute Gasteiger partial charge is 0.238 e. The normalized spacial score (nSPS) is 15.6. The van der Waals surface area contributed by atoms with E-state index in [4.69, 9.17) is 10.6 Å². The molecule has 0 radical (unpaired) electrons. The summed E-state index contributed by atoms with van der Waals surface area (Å²) >= 11 is 0. The second-order valence-electron chi connectivity index (χ2n) is 5.23. The summed E-state index contributed by atoms with van der Waals surface area (Å²) in [5, 5.41) is 0. The van der Waals surface area contributed by atoms with Crippen LogP contribution in [0.2, 0.25) is 0 Å². The van der Waals surface area contributed by atoms with E-state index in [1.165, 1.54) is 25.7 Å². The monoisotopic (exact) mass is 262 g/mol. The molecule has 0 aliphatic heterocycles. The predicted molar refractivity (Wildman–Crippen MR) is 74.1 cm³/mol. The lowest BCUT2D eigenvalue weighted by Crippen LogP contribution is -2.31. The molecule has 1 aliphatic rings. The number of amides is 1. The number of carbonyl (C=O) groups is 1. The van der Waals surface area contributed by atoms with Gasteiger partial charge in [-0.2, -0.15) is 0 Å². The largest absolute Gasteiger partial charge is 0.376 e. The number of benzene rings is 1. The van der Waals surface area contributed by atoms with Crippen LogP contribution in [0.3, 0.4) is 0 Å². The maximum atomic E-state index is 11.1. The highest BCUT2D eigenvalue weighted by molar-refractivity contribution is 5.77. The van der Waals surface area contributed by atoms with Crippen molar-refractivity contribution in [3.05, 3.63) is 35.4 Å². The molecule has 0 heterocycles. The lowest BCUT2D eigenvalue weighted by molar-refractivity contribution is -0.120. The van der Waals surface area contributed by atoms with Crippen LogP contribution in [0.1, 0.15) is 36.8 Å². The van der Waals surface area contributed by atoms with Crippen LogP contribution in [0.4, 0.5) is 0 Å². The summed E-state index contributed by atoms with van der Waals surface area (Å²) in [6.07, 6.45) is 5.65. The van der Waals surface area contributed by atoms with Gasteiger partial charge in [0.2, 0.25) is 5.91 Å². The van der Waals surface area contributed by atoms with Crippen LogP contribution in [0.5, 0.6) is 0 Å².